The van der Waals surface area contributed by atoms with E-state index < -0.39 is 17.7 Å². The van der Waals surface area contributed by atoms with Crippen molar-refractivity contribution in [2.24, 2.45) is 0 Å². The summed E-state index contributed by atoms with van der Waals surface area (Å²) < 4.78 is 50.4. The van der Waals surface area contributed by atoms with Crippen LogP contribution in [-0.4, -0.2) is 48.3 Å². The van der Waals surface area contributed by atoms with Crippen LogP contribution >= 0.6 is 0 Å². The number of hydrogen-bond acceptors (Lipinski definition) is 5. The molecule has 2 fully saturated rings. The minimum atomic E-state index is -4.45. The predicted octanol–water partition coefficient (Wildman–Crippen LogP) is 5.24. The quantitative estimate of drug-likeness (QED) is 0.482. The van der Waals surface area contributed by atoms with Crippen LogP contribution in [0.4, 0.5) is 18.9 Å². The van der Waals surface area contributed by atoms with E-state index in [9.17, 15) is 18.0 Å². The van der Waals surface area contributed by atoms with E-state index >= 15 is 0 Å². The minimum Gasteiger partial charge on any atom is -0.425 e. The third kappa shape index (κ3) is 6.13. The molecule has 1 aliphatic carbocycles. The number of nitrogens with zero attached hydrogens (tertiary/aromatic N) is 1. The molecule has 2 aliphatic rings. The van der Waals surface area contributed by atoms with Crippen LogP contribution in [0, 0.1) is 0 Å². The number of halogens is 3. The first-order chi connectivity index (χ1) is 14.6. The maximum Gasteiger partial charge on any atom is 0.416 e. The molecular weight excluding hydrogens is 409 g/mol. The van der Waals surface area contributed by atoms with Gasteiger partial charge in [0.2, 0.25) is 0 Å². The molecule has 1 aromatic rings. The third-order valence-corrected chi connectivity index (χ3v) is 6.59. The summed E-state index contributed by atoms with van der Waals surface area (Å²) in [5, 5.41) is 3.20. The standard InChI is InChI=1S/C23H33F3N2O3/c1-4-30-19-7-11-22(3,12-8-19)28-13-9-18(10-14-28)27-20-15-17(23(24,25)26)5-6-21(20)31-16(2)29/h5-6,15,18-19,27H,4,7-14H2,1-3H3/t19-,22-. The Hall–Kier alpha value is -1.80. The van der Waals surface area contributed by atoms with Crippen molar-refractivity contribution < 1.29 is 27.4 Å². The number of hydrogen-bond donors (Lipinski definition) is 1. The summed E-state index contributed by atoms with van der Waals surface area (Å²) in [4.78, 5) is 13.9. The second kappa shape index (κ2) is 9.77. The molecule has 3 rings (SSSR count). The highest BCUT2D eigenvalue weighted by Gasteiger charge is 2.38. The van der Waals surface area contributed by atoms with Crippen molar-refractivity contribution in [1.82, 2.24) is 4.90 Å². The molecule has 1 aliphatic heterocycles. The Labute approximate surface area is 182 Å². The van der Waals surface area contributed by atoms with E-state index in [-0.39, 0.29) is 23.0 Å². The first-order valence-corrected chi connectivity index (χ1v) is 11.1. The molecule has 5 nitrogen and oxygen atoms in total. The number of carbonyl (C=O) groups is 1. The Morgan fingerprint density at radius 2 is 1.84 bits per heavy atom. The first kappa shape index (κ1) is 23.9. The topological polar surface area (TPSA) is 50.8 Å². The van der Waals surface area contributed by atoms with Gasteiger partial charge in [0.15, 0.2) is 5.75 Å². The largest absolute Gasteiger partial charge is 0.425 e. The molecule has 31 heavy (non-hydrogen) atoms. The number of likely N-dealkylation sites (tertiary alicyclic amines) is 1. The molecule has 0 amide bonds. The fourth-order valence-corrected chi connectivity index (χ4v) is 4.78. The van der Waals surface area contributed by atoms with Crippen LogP contribution in [0.3, 0.4) is 0 Å². The van der Waals surface area contributed by atoms with Crippen molar-refractivity contribution in [2.45, 2.75) is 83.2 Å². The van der Waals surface area contributed by atoms with Crippen LogP contribution < -0.4 is 10.1 Å². The van der Waals surface area contributed by atoms with Crippen LogP contribution in [0.25, 0.3) is 0 Å². The lowest BCUT2D eigenvalue weighted by molar-refractivity contribution is -0.137. The molecule has 0 atom stereocenters. The number of ether oxygens (including phenoxy) is 2. The molecule has 1 N–H and O–H groups in total. The number of carbonyl (C=O) groups excluding carboxylic acids is 1. The summed E-state index contributed by atoms with van der Waals surface area (Å²) in [5.74, 6) is -0.433. The van der Waals surface area contributed by atoms with Crippen LogP contribution in [0.15, 0.2) is 18.2 Å². The first-order valence-electron chi connectivity index (χ1n) is 11.1. The molecule has 1 saturated carbocycles. The zero-order valence-electron chi connectivity index (χ0n) is 18.6. The van der Waals surface area contributed by atoms with Gasteiger partial charge in [0, 0.05) is 38.2 Å². The molecule has 0 spiro atoms. The van der Waals surface area contributed by atoms with Crippen molar-refractivity contribution >= 4 is 11.7 Å². The summed E-state index contributed by atoms with van der Waals surface area (Å²) in [5.41, 5.74) is -0.397. The molecule has 8 heteroatoms. The number of anilines is 1. The number of benzene rings is 1. The van der Waals surface area contributed by atoms with E-state index in [4.69, 9.17) is 9.47 Å². The zero-order valence-corrected chi connectivity index (χ0v) is 18.6. The van der Waals surface area contributed by atoms with Gasteiger partial charge in [-0.25, -0.2) is 0 Å². The number of rotatable bonds is 6. The van der Waals surface area contributed by atoms with Gasteiger partial charge in [0.05, 0.1) is 17.4 Å². The van der Waals surface area contributed by atoms with Gasteiger partial charge in [0.1, 0.15) is 0 Å². The fraction of sp³-hybridized carbons (Fsp3) is 0.696. The lowest BCUT2D eigenvalue weighted by Gasteiger charge is -2.48. The van der Waals surface area contributed by atoms with Crippen LogP contribution in [0.2, 0.25) is 0 Å². The van der Waals surface area contributed by atoms with Gasteiger partial charge < -0.3 is 14.8 Å². The van der Waals surface area contributed by atoms with Crippen molar-refractivity contribution in [3.63, 3.8) is 0 Å². The molecule has 0 radical (unpaired) electrons. The monoisotopic (exact) mass is 442 g/mol. The molecule has 1 heterocycles. The van der Waals surface area contributed by atoms with Gasteiger partial charge in [-0.15, -0.1) is 0 Å². The van der Waals surface area contributed by atoms with Crippen molar-refractivity contribution in [3.8, 4) is 5.75 Å². The van der Waals surface area contributed by atoms with Gasteiger partial charge in [-0.3, -0.25) is 9.69 Å². The third-order valence-electron chi connectivity index (χ3n) is 6.59. The predicted molar refractivity (Wildman–Crippen MR) is 113 cm³/mol. The number of piperidine rings is 1. The van der Waals surface area contributed by atoms with E-state index in [0.717, 1.165) is 70.4 Å². The summed E-state index contributed by atoms with van der Waals surface area (Å²) in [7, 11) is 0. The van der Waals surface area contributed by atoms with E-state index in [0.29, 0.717) is 6.10 Å². The summed E-state index contributed by atoms with van der Waals surface area (Å²) in [6.45, 7) is 8.10. The van der Waals surface area contributed by atoms with Gasteiger partial charge >= 0.3 is 12.1 Å². The molecule has 1 aromatic carbocycles. The van der Waals surface area contributed by atoms with Crippen molar-refractivity contribution in [3.05, 3.63) is 23.8 Å². The second-order valence-corrected chi connectivity index (χ2v) is 8.86. The highest BCUT2D eigenvalue weighted by Crippen LogP contribution is 2.38. The average Bonchev–Trinajstić information content (AvgIpc) is 2.71. The lowest BCUT2D eigenvalue weighted by atomic mass is 9.79. The molecule has 0 aromatic heterocycles. The molecule has 0 bridgehead atoms. The number of esters is 1. The van der Waals surface area contributed by atoms with Gasteiger partial charge in [-0.1, -0.05) is 0 Å². The highest BCUT2D eigenvalue weighted by atomic mass is 19.4. The maximum absolute atomic E-state index is 13.2. The normalized spacial score (nSPS) is 25.9. The lowest BCUT2D eigenvalue weighted by Crippen LogP contribution is -2.53. The fourth-order valence-electron chi connectivity index (χ4n) is 4.78. The van der Waals surface area contributed by atoms with Gasteiger partial charge in [-0.05, 0) is 70.6 Å². The molecule has 174 valence electrons. The van der Waals surface area contributed by atoms with Crippen molar-refractivity contribution in [2.75, 3.05) is 25.0 Å². The van der Waals surface area contributed by atoms with Gasteiger partial charge in [0.25, 0.3) is 0 Å². The van der Waals surface area contributed by atoms with Crippen LogP contribution in [-0.2, 0) is 15.7 Å². The average molecular weight is 443 g/mol. The Morgan fingerprint density at radius 1 is 1.19 bits per heavy atom. The zero-order chi connectivity index (χ0) is 22.6. The summed E-state index contributed by atoms with van der Waals surface area (Å²) in [6, 6.07) is 3.20. The molecule has 0 unspecified atom stereocenters. The Morgan fingerprint density at radius 3 is 2.39 bits per heavy atom. The number of alkyl halides is 3. The van der Waals surface area contributed by atoms with Gasteiger partial charge in [-0.2, -0.15) is 13.2 Å². The van der Waals surface area contributed by atoms with Crippen LogP contribution in [0.1, 0.15) is 64.9 Å². The summed E-state index contributed by atoms with van der Waals surface area (Å²) >= 11 is 0. The molecular formula is C23H33F3N2O3. The smallest absolute Gasteiger partial charge is 0.416 e. The minimum absolute atomic E-state index is 0.0254. The van der Waals surface area contributed by atoms with Crippen molar-refractivity contribution in [1.29, 1.82) is 0 Å². The van der Waals surface area contributed by atoms with Crippen LogP contribution in [0.5, 0.6) is 5.75 Å². The number of nitrogens with one attached hydrogen (secondary N) is 1. The second-order valence-electron chi connectivity index (χ2n) is 8.86. The molecule has 1 saturated heterocycles. The Kier molecular flexibility index (Phi) is 7.52. The maximum atomic E-state index is 13.2. The van der Waals surface area contributed by atoms with E-state index in [2.05, 4.69) is 17.1 Å². The highest BCUT2D eigenvalue weighted by molar-refractivity contribution is 5.73. The summed E-state index contributed by atoms with van der Waals surface area (Å²) in [6.07, 6.45) is 1.87. The van der Waals surface area contributed by atoms with E-state index in [1.54, 1.807) is 0 Å². The Bertz CT molecular complexity index is 753. The van der Waals surface area contributed by atoms with E-state index in [1.807, 2.05) is 6.92 Å². The SMILES string of the molecule is CCO[C@H]1CC[C@](C)(N2CCC(Nc3cc(C(F)(F)F)ccc3OC(C)=O)CC2)CC1. The van der Waals surface area contributed by atoms with E-state index in [1.165, 1.54) is 13.0 Å². The Balaban J connectivity index is 1.62.